The first-order valence-corrected chi connectivity index (χ1v) is 12.2. The predicted molar refractivity (Wildman–Crippen MR) is 132 cm³/mol. The largest absolute Gasteiger partial charge is 0.491 e. The zero-order valence-corrected chi connectivity index (χ0v) is 20.4. The van der Waals surface area contributed by atoms with Gasteiger partial charge in [0.25, 0.3) is 0 Å². The number of hydrogen-bond donors (Lipinski definition) is 0. The van der Waals surface area contributed by atoms with Crippen LogP contribution in [0.1, 0.15) is 62.1 Å². The van der Waals surface area contributed by atoms with Crippen molar-refractivity contribution in [2.75, 3.05) is 40.5 Å². The molecule has 0 heterocycles. The van der Waals surface area contributed by atoms with Gasteiger partial charge in [0.2, 0.25) is 0 Å². The van der Waals surface area contributed by atoms with Crippen LogP contribution in [0.15, 0.2) is 48.5 Å². The smallest absolute Gasteiger partial charge is 0.122 e. The minimum absolute atomic E-state index is 0.601. The number of ether oxygens (including phenoxy) is 2. The van der Waals surface area contributed by atoms with Crippen LogP contribution >= 0.6 is 0 Å². The van der Waals surface area contributed by atoms with Crippen molar-refractivity contribution < 1.29 is 14.0 Å². The third-order valence-corrected chi connectivity index (χ3v) is 5.84. The Morgan fingerprint density at radius 2 is 1.52 bits per heavy atom. The van der Waals surface area contributed by atoms with E-state index in [-0.39, 0.29) is 0 Å². The average Bonchev–Trinajstić information content (AvgIpc) is 2.74. The van der Waals surface area contributed by atoms with Crippen LogP contribution in [0.4, 0.5) is 0 Å². The van der Waals surface area contributed by atoms with Crippen LogP contribution in [0.3, 0.4) is 0 Å². The van der Waals surface area contributed by atoms with Crippen molar-refractivity contribution >= 4 is 0 Å². The molecule has 2 aromatic carbocycles. The van der Waals surface area contributed by atoms with Crippen molar-refractivity contribution in [1.29, 1.82) is 0 Å². The Balaban J connectivity index is 1.59. The third kappa shape index (κ3) is 10.8. The SMILES string of the molecule is CCCCCCCCc1ccc(OCCOCC[N+](C)(C)Cc2ccccc2)c(C)c1. The van der Waals surface area contributed by atoms with Crippen LogP contribution in [0.2, 0.25) is 0 Å². The molecule has 31 heavy (non-hydrogen) atoms. The van der Waals surface area contributed by atoms with Gasteiger partial charge in [0.05, 0.1) is 27.3 Å². The number of hydrogen-bond acceptors (Lipinski definition) is 2. The highest BCUT2D eigenvalue weighted by Crippen LogP contribution is 2.20. The minimum Gasteiger partial charge on any atom is -0.491 e. The summed E-state index contributed by atoms with van der Waals surface area (Å²) in [5, 5.41) is 0. The van der Waals surface area contributed by atoms with Gasteiger partial charge in [-0.1, -0.05) is 81.5 Å². The second kappa shape index (κ2) is 14.3. The summed E-state index contributed by atoms with van der Waals surface area (Å²) in [6.07, 6.45) is 9.25. The van der Waals surface area contributed by atoms with Gasteiger partial charge < -0.3 is 14.0 Å². The van der Waals surface area contributed by atoms with Crippen LogP contribution < -0.4 is 4.74 Å². The summed E-state index contributed by atoms with van der Waals surface area (Å²) in [5.41, 5.74) is 4.02. The molecule has 0 saturated carbocycles. The zero-order valence-electron chi connectivity index (χ0n) is 20.4. The van der Waals surface area contributed by atoms with E-state index >= 15 is 0 Å². The number of quaternary nitrogens is 1. The summed E-state index contributed by atoms with van der Waals surface area (Å²) in [6, 6.07) is 17.3. The predicted octanol–water partition coefficient (Wildman–Crippen LogP) is 6.57. The maximum atomic E-state index is 5.96. The van der Waals surface area contributed by atoms with Gasteiger partial charge >= 0.3 is 0 Å². The van der Waals surface area contributed by atoms with E-state index in [0.29, 0.717) is 13.2 Å². The maximum absolute atomic E-state index is 5.96. The molecule has 0 aliphatic carbocycles. The molecular weight excluding hydrogens is 382 g/mol. The third-order valence-electron chi connectivity index (χ3n) is 5.84. The Kier molecular flexibility index (Phi) is 11.7. The summed E-state index contributed by atoms with van der Waals surface area (Å²) < 4.78 is 12.7. The molecule has 0 unspecified atom stereocenters. The van der Waals surface area contributed by atoms with Gasteiger partial charge in [-0.05, 0) is 37.0 Å². The first-order valence-electron chi connectivity index (χ1n) is 12.2. The van der Waals surface area contributed by atoms with Gasteiger partial charge in [0.1, 0.15) is 25.4 Å². The number of aryl methyl sites for hydroxylation is 2. The van der Waals surface area contributed by atoms with E-state index in [1.54, 1.807) is 0 Å². The molecule has 3 nitrogen and oxygen atoms in total. The van der Waals surface area contributed by atoms with E-state index in [0.717, 1.165) is 29.9 Å². The monoisotopic (exact) mass is 426 g/mol. The lowest BCUT2D eigenvalue weighted by atomic mass is 10.0. The molecule has 0 aliphatic rings. The molecule has 2 rings (SSSR count). The first kappa shape index (κ1) is 25.4. The average molecular weight is 427 g/mol. The van der Waals surface area contributed by atoms with Crippen molar-refractivity contribution in [3.63, 3.8) is 0 Å². The molecule has 0 amide bonds. The van der Waals surface area contributed by atoms with Crippen LogP contribution in [0, 0.1) is 6.92 Å². The Morgan fingerprint density at radius 1 is 0.774 bits per heavy atom. The van der Waals surface area contributed by atoms with Crippen LogP contribution in [-0.4, -0.2) is 44.9 Å². The van der Waals surface area contributed by atoms with Gasteiger partial charge in [-0.2, -0.15) is 0 Å². The van der Waals surface area contributed by atoms with Crippen LogP contribution in [0.25, 0.3) is 0 Å². The number of rotatable bonds is 16. The highest BCUT2D eigenvalue weighted by Gasteiger charge is 2.15. The molecule has 0 aromatic heterocycles. The van der Waals surface area contributed by atoms with Gasteiger partial charge in [-0.3, -0.25) is 0 Å². The second-order valence-electron chi connectivity index (χ2n) is 9.38. The van der Waals surface area contributed by atoms with Gasteiger partial charge in [0, 0.05) is 5.56 Å². The van der Waals surface area contributed by atoms with Crippen molar-refractivity contribution in [2.45, 2.75) is 65.3 Å². The fourth-order valence-electron chi connectivity index (χ4n) is 3.92. The number of benzene rings is 2. The zero-order chi connectivity index (χ0) is 22.4. The van der Waals surface area contributed by atoms with E-state index in [2.05, 4.69) is 76.5 Å². The van der Waals surface area contributed by atoms with Crippen molar-refractivity contribution in [1.82, 2.24) is 0 Å². The lowest BCUT2D eigenvalue weighted by Crippen LogP contribution is -2.41. The molecule has 0 aliphatic heterocycles. The summed E-state index contributed by atoms with van der Waals surface area (Å²) in [4.78, 5) is 0. The van der Waals surface area contributed by atoms with Crippen molar-refractivity contribution in [3.05, 3.63) is 65.2 Å². The number of unbranched alkanes of at least 4 members (excludes halogenated alkanes) is 5. The Bertz CT molecular complexity index is 727. The molecule has 172 valence electrons. The molecule has 0 fully saturated rings. The number of likely N-dealkylation sites (N-methyl/N-ethyl adjacent to an activating group) is 1. The summed E-state index contributed by atoms with van der Waals surface area (Å²) >= 11 is 0. The van der Waals surface area contributed by atoms with Crippen molar-refractivity contribution in [2.24, 2.45) is 0 Å². The summed E-state index contributed by atoms with van der Waals surface area (Å²) in [7, 11) is 4.51. The quantitative estimate of drug-likeness (QED) is 0.223. The molecular formula is C28H44NO2+. The Labute approximate surface area is 191 Å². The van der Waals surface area contributed by atoms with E-state index in [1.165, 1.54) is 61.6 Å². The maximum Gasteiger partial charge on any atom is 0.122 e. The van der Waals surface area contributed by atoms with E-state index in [9.17, 15) is 0 Å². The molecule has 0 atom stereocenters. The van der Waals surface area contributed by atoms with Crippen molar-refractivity contribution in [3.8, 4) is 5.75 Å². The Morgan fingerprint density at radius 3 is 2.26 bits per heavy atom. The van der Waals surface area contributed by atoms with E-state index < -0.39 is 0 Å². The molecule has 0 N–H and O–H groups in total. The topological polar surface area (TPSA) is 18.5 Å². The highest BCUT2D eigenvalue weighted by molar-refractivity contribution is 5.36. The second-order valence-corrected chi connectivity index (χ2v) is 9.38. The molecule has 0 saturated heterocycles. The Hall–Kier alpha value is -1.84. The van der Waals surface area contributed by atoms with Gasteiger partial charge in [-0.15, -0.1) is 0 Å². The van der Waals surface area contributed by atoms with Gasteiger partial charge in [0.15, 0.2) is 0 Å². The lowest BCUT2D eigenvalue weighted by Gasteiger charge is -2.29. The molecule has 0 radical (unpaired) electrons. The van der Waals surface area contributed by atoms with Crippen LogP contribution in [0.5, 0.6) is 5.75 Å². The first-order chi connectivity index (χ1) is 15.0. The number of nitrogens with zero attached hydrogens (tertiary/aromatic N) is 1. The van der Waals surface area contributed by atoms with Gasteiger partial charge in [-0.25, -0.2) is 0 Å². The molecule has 3 heteroatoms. The molecule has 0 bridgehead atoms. The fourth-order valence-corrected chi connectivity index (χ4v) is 3.92. The summed E-state index contributed by atoms with van der Waals surface area (Å²) in [6.45, 7) is 8.40. The normalized spacial score (nSPS) is 11.6. The molecule has 2 aromatic rings. The standard InChI is InChI=1S/C28H44NO2/c1-5-6-7-8-9-11-14-26-17-18-28(25(2)23-26)31-22-21-30-20-19-29(3,4)24-27-15-12-10-13-16-27/h10,12-13,15-18,23H,5-9,11,14,19-22,24H2,1-4H3/q+1. The van der Waals surface area contributed by atoms with E-state index in [4.69, 9.17) is 9.47 Å². The summed E-state index contributed by atoms with van der Waals surface area (Å²) in [5.74, 6) is 0.982. The minimum atomic E-state index is 0.601. The highest BCUT2D eigenvalue weighted by atomic mass is 16.5. The lowest BCUT2D eigenvalue weighted by molar-refractivity contribution is -0.904. The fraction of sp³-hybridized carbons (Fsp3) is 0.571. The van der Waals surface area contributed by atoms with Crippen LogP contribution in [-0.2, 0) is 17.7 Å². The molecule has 0 spiro atoms. The van der Waals surface area contributed by atoms with E-state index in [1.807, 2.05) is 0 Å².